The number of hydrogen-bond donors (Lipinski definition) is 0. The fraction of sp³-hybridized carbons (Fsp3) is 0.412. The van der Waals surface area contributed by atoms with E-state index in [2.05, 4.69) is 45.3 Å². The maximum Gasteiger partial charge on any atom is 0.129 e. The van der Waals surface area contributed by atoms with Gasteiger partial charge in [-0.05, 0) is 15.7 Å². The largest absolute Gasteiger partial charge is 0.377 e. The van der Waals surface area contributed by atoms with Crippen LogP contribution < -0.4 is 0 Å². The summed E-state index contributed by atoms with van der Waals surface area (Å²) in [6, 6.07) is 10.6. The number of ether oxygens (including phenoxy) is 2. The molecule has 0 aliphatic carbocycles. The Morgan fingerprint density at radius 2 is 1.82 bits per heavy atom. The van der Waals surface area contributed by atoms with Gasteiger partial charge in [0.15, 0.2) is 0 Å². The molecule has 0 amide bonds. The lowest BCUT2D eigenvalue weighted by Gasteiger charge is -2.20. The van der Waals surface area contributed by atoms with Crippen LogP contribution in [0.5, 0.6) is 0 Å². The molecule has 1 saturated heterocycles. The molecular weight excluding hydrogens is 391 g/mol. The maximum atomic E-state index is 5.51. The molecule has 1 fully saturated rings. The molecule has 0 N–H and O–H groups in total. The van der Waals surface area contributed by atoms with Crippen LogP contribution in [-0.4, -0.2) is 52.1 Å². The molecule has 1 aromatic carbocycles. The van der Waals surface area contributed by atoms with E-state index in [1.807, 2.05) is 0 Å². The SMILES string of the molecule is COC1CN(C2=CC=IC(Cc3ccccc3)=N2)CC1OC. The van der Waals surface area contributed by atoms with E-state index >= 15 is 0 Å². The first-order valence-corrected chi connectivity index (χ1v) is 9.71. The van der Waals surface area contributed by atoms with Crippen molar-refractivity contribution in [3.63, 3.8) is 0 Å². The van der Waals surface area contributed by atoms with Crippen molar-refractivity contribution in [3.05, 3.63) is 47.8 Å². The van der Waals surface area contributed by atoms with Crippen LogP contribution in [0.1, 0.15) is 5.56 Å². The maximum absolute atomic E-state index is 5.51. The van der Waals surface area contributed by atoms with Gasteiger partial charge in [0, 0.05) is 33.7 Å². The first-order valence-electron chi connectivity index (χ1n) is 7.39. The van der Waals surface area contributed by atoms with Gasteiger partial charge in [-0.2, -0.15) is 0 Å². The Hall–Kier alpha value is -1.05. The standard InChI is InChI=1S/C17H21IN2O2/c1-21-14-11-20(12-15(14)22-2)17-8-9-18-16(19-17)10-13-6-4-3-5-7-13/h3-9,14-15H,10-12H2,1-2H3. The summed E-state index contributed by atoms with van der Waals surface area (Å²) >= 11 is -0.0907. The summed E-state index contributed by atoms with van der Waals surface area (Å²) in [6.07, 6.45) is 3.36. The number of aliphatic imine (C=N–C) groups is 1. The molecule has 0 spiro atoms. The lowest BCUT2D eigenvalue weighted by Crippen LogP contribution is -2.27. The van der Waals surface area contributed by atoms with E-state index in [0.717, 1.165) is 25.3 Å². The molecule has 1 aromatic rings. The zero-order chi connectivity index (χ0) is 15.4. The molecule has 3 rings (SSSR count). The molecular formula is C17H21IN2O2. The predicted molar refractivity (Wildman–Crippen MR) is 98.9 cm³/mol. The number of allylic oxidation sites excluding steroid dienone is 1. The minimum atomic E-state index is -0.0907. The molecule has 5 heteroatoms. The average Bonchev–Trinajstić information content (AvgIpc) is 2.99. The van der Waals surface area contributed by atoms with Gasteiger partial charge in [-0.15, -0.1) is 0 Å². The third kappa shape index (κ3) is 3.64. The third-order valence-corrected chi connectivity index (χ3v) is 6.04. The van der Waals surface area contributed by atoms with Crippen LogP contribution in [0.4, 0.5) is 0 Å². The molecule has 2 atom stereocenters. The number of hydrogen-bond acceptors (Lipinski definition) is 4. The second-order valence-corrected chi connectivity index (χ2v) is 7.95. The molecule has 2 heterocycles. The monoisotopic (exact) mass is 412 g/mol. The first kappa shape index (κ1) is 15.8. The van der Waals surface area contributed by atoms with Crippen molar-refractivity contribution in [2.24, 2.45) is 4.99 Å². The average molecular weight is 412 g/mol. The Balaban J connectivity index is 1.70. The summed E-state index contributed by atoms with van der Waals surface area (Å²) in [4.78, 5) is 7.18. The van der Waals surface area contributed by atoms with Gasteiger partial charge in [0.05, 0.1) is 3.72 Å². The minimum absolute atomic E-state index is 0.0907. The van der Waals surface area contributed by atoms with Gasteiger partial charge >= 0.3 is 0 Å². The van der Waals surface area contributed by atoms with Gasteiger partial charge in [0.1, 0.15) is 18.0 Å². The highest BCUT2D eigenvalue weighted by Gasteiger charge is 2.34. The zero-order valence-electron chi connectivity index (χ0n) is 12.9. The molecule has 0 aromatic heterocycles. The van der Waals surface area contributed by atoms with Crippen molar-refractivity contribution in [3.8, 4) is 0 Å². The second kappa shape index (κ2) is 7.48. The van der Waals surface area contributed by atoms with Gasteiger partial charge < -0.3 is 14.4 Å². The Morgan fingerprint density at radius 1 is 1.14 bits per heavy atom. The molecule has 0 saturated carbocycles. The van der Waals surface area contributed by atoms with E-state index < -0.39 is 0 Å². The number of nitrogens with zero attached hydrogens (tertiary/aromatic N) is 2. The first-order chi connectivity index (χ1) is 10.8. The number of benzene rings is 1. The van der Waals surface area contributed by atoms with E-state index in [0.29, 0.717) is 0 Å². The quantitative estimate of drug-likeness (QED) is 0.698. The van der Waals surface area contributed by atoms with Crippen LogP contribution in [0.15, 0.2) is 47.2 Å². The van der Waals surface area contributed by atoms with Crippen molar-refractivity contribution >= 4 is 28.5 Å². The molecule has 2 aliphatic rings. The molecule has 0 bridgehead atoms. The van der Waals surface area contributed by atoms with E-state index in [1.54, 1.807) is 14.2 Å². The lowest BCUT2D eigenvalue weighted by atomic mass is 10.2. The Morgan fingerprint density at radius 3 is 2.45 bits per heavy atom. The van der Waals surface area contributed by atoms with Crippen LogP contribution in [0.2, 0.25) is 0 Å². The second-order valence-electron chi connectivity index (χ2n) is 5.36. The van der Waals surface area contributed by atoms with Crippen LogP contribution >= 0.6 is 20.7 Å². The zero-order valence-corrected chi connectivity index (χ0v) is 15.1. The fourth-order valence-corrected chi connectivity index (χ4v) is 4.71. The topological polar surface area (TPSA) is 34.1 Å². The molecule has 22 heavy (non-hydrogen) atoms. The van der Waals surface area contributed by atoms with Crippen LogP contribution in [-0.2, 0) is 15.9 Å². The Kier molecular flexibility index (Phi) is 5.38. The van der Waals surface area contributed by atoms with E-state index in [9.17, 15) is 0 Å². The minimum Gasteiger partial charge on any atom is -0.377 e. The molecule has 2 unspecified atom stereocenters. The number of rotatable bonds is 5. The van der Waals surface area contributed by atoms with Crippen molar-refractivity contribution < 1.29 is 9.47 Å². The van der Waals surface area contributed by atoms with Gasteiger partial charge in [-0.1, -0.05) is 51.1 Å². The summed E-state index contributed by atoms with van der Waals surface area (Å²) < 4.78 is 14.6. The van der Waals surface area contributed by atoms with Gasteiger partial charge in [0.25, 0.3) is 0 Å². The van der Waals surface area contributed by atoms with E-state index in [-0.39, 0.29) is 32.9 Å². The number of likely N-dealkylation sites (tertiary alicyclic amines) is 1. The van der Waals surface area contributed by atoms with Crippen molar-refractivity contribution in [1.29, 1.82) is 0 Å². The van der Waals surface area contributed by atoms with E-state index in [1.165, 1.54) is 9.28 Å². The van der Waals surface area contributed by atoms with Crippen molar-refractivity contribution in [1.82, 2.24) is 4.90 Å². The summed E-state index contributed by atoms with van der Waals surface area (Å²) in [5.74, 6) is 1.05. The van der Waals surface area contributed by atoms with Crippen LogP contribution in [0.25, 0.3) is 0 Å². The number of halogens is 1. The van der Waals surface area contributed by atoms with Crippen LogP contribution in [0.3, 0.4) is 0 Å². The van der Waals surface area contributed by atoms with Gasteiger partial charge in [0.2, 0.25) is 0 Å². The Bertz CT molecular complexity index is 586. The van der Waals surface area contributed by atoms with Crippen LogP contribution in [0, 0.1) is 0 Å². The Labute approximate surface area is 141 Å². The highest BCUT2D eigenvalue weighted by Crippen LogP contribution is 2.24. The van der Waals surface area contributed by atoms with Crippen molar-refractivity contribution in [2.75, 3.05) is 27.3 Å². The number of methoxy groups -OCH3 is 2. The highest BCUT2D eigenvalue weighted by molar-refractivity contribution is 14.2. The fourth-order valence-electron chi connectivity index (χ4n) is 2.75. The molecule has 0 radical (unpaired) electrons. The van der Waals surface area contributed by atoms with Gasteiger partial charge in [-0.3, -0.25) is 0 Å². The van der Waals surface area contributed by atoms with Crippen molar-refractivity contribution in [2.45, 2.75) is 18.6 Å². The summed E-state index contributed by atoms with van der Waals surface area (Å²) in [6.45, 7) is 1.68. The summed E-state index contributed by atoms with van der Waals surface area (Å²) in [5.41, 5.74) is 1.33. The normalized spacial score (nSPS) is 24.7. The highest BCUT2D eigenvalue weighted by atomic mass is 127. The summed E-state index contributed by atoms with van der Waals surface area (Å²) in [7, 11) is 3.49. The molecule has 4 nitrogen and oxygen atoms in total. The van der Waals surface area contributed by atoms with Gasteiger partial charge in [-0.25, -0.2) is 4.99 Å². The van der Waals surface area contributed by atoms with E-state index in [4.69, 9.17) is 14.5 Å². The molecule has 2 aliphatic heterocycles. The smallest absolute Gasteiger partial charge is 0.129 e. The predicted octanol–water partition coefficient (Wildman–Crippen LogP) is 2.60. The third-order valence-electron chi connectivity index (χ3n) is 3.97. The summed E-state index contributed by atoms with van der Waals surface area (Å²) in [5, 5.41) is 0. The lowest BCUT2D eigenvalue weighted by molar-refractivity contribution is -0.00461. The molecule has 118 valence electrons.